The molecule has 0 bridgehead atoms. The third kappa shape index (κ3) is 6.18. The van der Waals surface area contributed by atoms with E-state index in [1.165, 1.54) is 32.9 Å². The molecule has 0 fully saturated rings. The van der Waals surface area contributed by atoms with Gasteiger partial charge in [0.05, 0.1) is 6.42 Å². The van der Waals surface area contributed by atoms with Gasteiger partial charge in [-0.25, -0.2) is 0 Å². The number of hydrogen-bond acceptors (Lipinski definition) is 8. The van der Waals surface area contributed by atoms with Crippen molar-refractivity contribution in [1.82, 2.24) is 0 Å². The maximum Gasteiger partial charge on any atom is 0.308 e. The van der Waals surface area contributed by atoms with Crippen LogP contribution in [0.4, 0.5) is 0 Å². The fraction of sp³-hybridized carbons (Fsp3) is 0.273. The topological polar surface area (TPSA) is 105 Å². The Morgan fingerprint density at radius 1 is 0.871 bits per heavy atom. The van der Waals surface area contributed by atoms with Gasteiger partial charge in [-0.3, -0.25) is 19.2 Å². The first-order valence-corrected chi connectivity index (χ1v) is 8.76. The van der Waals surface area contributed by atoms with E-state index < -0.39 is 24.0 Å². The molecule has 0 aliphatic carbocycles. The van der Waals surface area contributed by atoms with Gasteiger partial charge in [-0.2, -0.15) is 0 Å². The Labute approximate surface area is 182 Å². The van der Waals surface area contributed by atoms with Crippen LogP contribution in [0.1, 0.15) is 56.6 Å². The molecule has 1 atom stereocenters. The Morgan fingerprint density at radius 3 is 1.97 bits per heavy atom. The molecular formula is C22H22BO8. The summed E-state index contributed by atoms with van der Waals surface area (Å²) in [5.74, 6) is -1.34. The van der Waals surface area contributed by atoms with E-state index in [4.69, 9.17) is 18.9 Å². The van der Waals surface area contributed by atoms with Crippen molar-refractivity contribution in [3.8, 4) is 23.0 Å². The average molecular weight is 425 g/mol. The summed E-state index contributed by atoms with van der Waals surface area (Å²) < 4.78 is 21.1. The van der Waals surface area contributed by atoms with Gasteiger partial charge in [-0.1, -0.05) is 19.6 Å². The van der Waals surface area contributed by atoms with Crippen LogP contribution in [0.25, 0.3) is 0 Å². The fourth-order valence-electron chi connectivity index (χ4n) is 2.96. The van der Waals surface area contributed by atoms with Crippen molar-refractivity contribution in [3.05, 3.63) is 47.5 Å². The summed E-state index contributed by atoms with van der Waals surface area (Å²) >= 11 is 0. The normalized spacial score (nSPS) is 14.0. The molecule has 0 aromatic heterocycles. The lowest BCUT2D eigenvalue weighted by atomic mass is 9.95. The van der Waals surface area contributed by atoms with Crippen LogP contribution < -0.4 is 18.9 Å². The van der Waals surface area contributed by atoms with E-state index in [9.17, 15) is 19.2 Å². The second kappa shape index (κ2) is 10.4. The van der Waals surface area contributed by atoms with E-state index in [0.29, 0.717) is 11.3 Å². The Balaban J connectivity index is 0.00000240. The Bertz CT molecular complexity index is 997. The van der Waals surface area contributed by atoms with Crippen LogP contribution in [0, 0.1) is 0 Å². The molecule has 1 heterocycles. The van der Waals surface area contributed by atoms with E-state index in [0.717, 1.165) is 0 Å². The number of esters is 3. The van der Waals surface area contributed by atoms with Gasteiger partial charge in [-0.15, -0.1) is 0 Å². The second-order valence-corrected chi connectivity index (χ2v) is 6.38. The first kappa shape index (κ1) is 25.4. The zero-order chi connectivity index (χ0) is 21.1. The summed E-state index contributed by atoms with van der Waals surface area (Å²) in [6.07, 6.45) is -0.597. The Morgan fingerprint density at radius 2 is 1.42 bits per heavy atom. The molecule has 31 heavy (non-hydrogen) atoms. The molecule has 3 radical (unpaired) electrons. The summed E-state index contributed by atoms with van der Waals surface area (Å²) in [4.78, 5) is 46.5. The van der Waals surface area contributed by atoms with Crippen LogP contribution in [0.3, 0.4) is 0 Å². The zero-order valence-corrected chi connectivity index (χ0v) is 16.6. The first-order chi connectivity index (χ1) is 13.7. The van der Waals surface area contributed by atoms with Crippen LogP contribution in [0.2, 0.25) is 0 Å². The number of Topliss-reactive ketones (excluding diaryl/α,β-unsaturated/α-hetero) is 1. The van der Waals surface area contributed by atoms with Crippen LogP contribution >= 0.6 is 0 Å². The van der Waals surface area contributed by atoms with Gasteiger partial charge >= 0.3 is 17.9 Å². The molecule has 1 aliphatic rings. The predicted molar refractivity (Wildman–Crippen MR) is 112 cm³/mol. The molecule has 0 saturated carbocycles. The highest BCUT2D eigenvalue weighted by Gasteiger charge is 2.32. The van der Waals surface area contributed by atoms with Crippen molar-refractivity contribution >= 4 is 32.1 Å². The van der Waals surface area contributed by atoms with Gasteiger partial charge in [0, 0.05) is 41.3 Å². The lowest BCUT2D eigenvalue weighted by Gasteiger charge is -2.27. The molecule has 8 nitrogen and oxygen atoms in total. The van der Waals surface area contributed by atoms with Crippen molar-refractivity contribution in [2.45, 2.75) is 40.7 Å². The van der Waals surface area contributed by atoms with Crippen molar-refractivity contribution in [2.24, 2.45) is 0 Å². The standard InChI is InChI=1S/C21H18O8.CH4.B/c1-11(22)26-15-6-4-14(5-7-15)18-10-17(25)21-19(28-13(3)24)8-16(27-12(2)23)9-20(21)29-18;;/h4-9,18H,10H2,1-3H3;1H4;. The molecule has 1 aliphatic heterocycles. The van der Waals surface area contributed by atoms with Gasteiger partial charge in [0.25, 0.3) is 0 Å². The molecule has 161 valence electrons. The molecule has 0 amide bonds. The van der Waals surface area contributed by atoms with E-state index in [-0.39, 0.29) is 50.9 Å². The quantitative estimate of drug-likeness (QED) is 0.417. The maximum atomic E-state index is 12.8. The van der Waals surface area contributed by atoms with Crippen molar-refractivity contribution in [3.63, 3.8) is 0 Å². The lowest BCUT2D eigenvalue weighted by molar-refractivity contribution is -0.133. The van der Waals surface area contributed by atoms with Gasteiger partial charge in [-0.05, 0) is 17.7 Å². The number of hydrogen-bond donors (Lipinski definition) is 0. The number of benzene rings is 2. The number of fused-ring (bicyclic) bond motifs is 1. The minimum absolute atomic E-state index is 0. The second-order valence-electron chi connectivity index (χ2n) is 6.38. The Hall–Kier alpha value is -3.62. The summed E-state index contributed by atoms with van der Waals surface area (Å²) in [5.41, 5.74) is 0.802. The number of ketones is 1. The third-order valence-corrected chi connectivity index (χ3v) is 3.99. The number of carbonyl (C=O) groups is 4. The van der Waals surface area contributed by atoms with Crippen LogP contribution in [-0.2, 0) is 14.4 Å². The average Bonchev–Trinajstić information content (AvgIpc) is 2.60. The molecule has 1 unspecified atom stereocenters. The fourth-order valence-corrected chi connectivity index (χ4v) is 2.96. The number of ether oxygens (including phenoxy) is 4. The summed E-state index contributed by atoms with van der Waals surface area (Å²) in [6.45, 7) is 3.73. The van der Waals surface area contributed by atoms with Gasteiger partial charge in [0.2, 0.25) is 0 Å². The van der Waals surface area contributed by atoms with Crippen LogP contribution in [0.15, 0.2) is 36.4 Å². The zero-order valence-electron chi connectivity index (χ0n) is 16.6. The monoisotopic (exact) mass is 425 g/mol. The number of carbonyl (C=O) groups excluding carboxylic acids is 4. The van der Waals surface area contributed by atoms with Gasteiger partial charge < -0.3 is 18.9 Å². The van der Waals surface area contributed by atoms with Crippen molar-refractivity contribution in [1.29, 1.82) is 0 Å². The van der Waals surface area contributed by atoms with Crippen molar-refractivity contribution in [2.75, 3.05) is 0 Å². The molecule has 3 rings (SSSR count). The van der Waals surface area contributed by atoms with Gasteiger partial charge in [0.15, 0.2) is 5.78 Å². The highest BCUT2D eigenvalue weighted by atomic mass is 16.6. The first-order valence-electron chi connectivity index (χ1n) is 8.76. The summed E-state index contributed by atoms with van der Waals surface area (Å²) in [7, 11) is 0. The van der Waals surface area contributed by atoms with Crippen molar-refractivity contribution < 1.29 is 38.1 Å². The molecule has 0 spiro atoms. The molecule has 9 heteroatoms. The SMILES string of the molecule is C.CC(=O)Oc1ccc(C2CC(=O)c3c(OC(C)=O)cc(OC(C)=O)cc3O2)cc1.[B]. The molecule has 0 saturated heterocycles. The van der Waals surface area contributed by atoms with E-state index in [1.807, 2.05) is 0 Å². The summed E-state index contributed by atoms with van der Waals surface area (Å²) in [6, 6.07) is 9.27. The lowest BCUT2D eigenvalue weighted by Crippen LogP contribution is -2.22. The molecule has 2 aromatic rings. The predicted octanol–water partition coefficient (Wildman–Crippen LogP) is 3.42. The van der Waals surface area contributed by atoms with Gasteiger partial charge in [0.1, 0.15) is 34.7 Å². The summed E-state index contributed by atoms with van der Waals surface area (Å²) in [5, 5.41) is 0. The third-order valence-electron chi connectivity index (χ3n) is 3.99. The number of rotatable bonds is 4. The smallest absolute Gasteiger partial charge is 0.308 e. The molecule has 0 N–H and O–H groups in total. The molecular weight excluding hydrogens is 403 g/mol. The largest absolute Gasteiger partial charge is 0.484 e. The van der Waals surface area contributed by atoms with E-state index >= 15 is 0 Å². The highest BCUT2D eigenvalue weighted by molar-refractivity contribution is 6.03. The maximum absolute atomic E-state index is 12.8. The highest BCUT2D eigenvalue weighted by Crippen LogP contribution is 2.42. The minimum Gasteiger partial charge on any atom is -0.484 e. The molecule has 2 aromatic carbocycles. The van der Waals surface area contributed by atoms with E-state index in [2.05, 4.69) is 0 Å². The van der Waals surface area contributed by atoms with E-state index in [1.54, 1.807) is 24.3 Å². The van der Waals surface area contributed by atoms with Crippen LogP contribution in [-0.4, -0.2) is 32.1 Å². The van der Waals surface area contributed by atoms with Crippen LogP contribution in [0.5, 0.6) is 23.0 Å². The Kier molecular flexibility index (Phi) is 8.55. The minimum atomic E-state index is -0.622.